The molecule has 72 valence electrons. The molecule has 0 aliphatic heterocycles. The zero-order valence-corrected chi connectivity index (χ0v) is 8.40. The van der Waals surface area contributed by atoms with E-state index in [1.165, 1.54) is 12.0 Å². The smallest absolute Gasteiger partial charge is 0.153 e. The first kappa shape index (κ1) is 8.18. The molecule has 0 saturated carbocycles. The van der Waals surface area contributed by atoms with Crippen molar-refractivity contribution < 1.29 is 4.42 Å². The molecule has 0 fully saturated rings. The van der Waals surface area contributed by atoms with Crippen molar-refractivity contribution in [1.82, 2.24) is 0 Å². The van der Waals surface area contributed by atoms with Crippen LogP contribution in [-0.2, 0) is 12.8 Å². The van der Waals surface area contributed by atoms with Crippen molar-refractivity contribution in [3.8, 4) is 0 Å². The first-order chi connectivity index (χ1) is 6.75. The summed E-state index contributed by atoms with van der Waals surface area (Å²) in [6.07, 6.45) is 3.29. The monoisotopic (exact) mass is 207 g/mol. The maximum Gasteiger partial charge on any atom is 0.153 e. The minimum atomic E-state index is 0.620. The highest BCUT2D eigenvalue weighted by Crippen LogP contribution is 2.37. The van der Waals surface area contributed by atoms with Crippen LogP contribution in [0, 0.1) is 0 Å². The summed E-state index contributed by atoms with van der Waals surface area (Å²) in [6, 6.07) is 3.69. The van der Waals surface area contributed by atoms with Gasteiger partial charge in [-0.2, -0.15) is 0 Å². The predicted molar refractivity (Wildman–Crippen MR) is 57.7 cm³/mol. The number of fused-ring (bicyclic) bond motifs is 3. The molecule has 1 aromatic carbocycles. The van der Waals surface area contributed by atoms with E-state index < -0.39 is 0 Å². The maximum absolute atomic E-state index is 6.05. The zero-order chi connectivity index (χ0) is 9.71. The Hall–Kier alpha value is -1.15. The third-order valence-corrected chi connectivity index (χ3v) is 3.06. The third-order valence-electron chi connectivity index (χ3n) is 2.78. The summed E-state index contributed by atoms with van der Waals surface area (Å²) < 4.78 is 5.71. The van der Waals surface area contributed by atoms with Crippen LogP contribution in [0.25, 0.3) is 11.0 Å². The Bertz CT molecular complexity index is 515. The lowest BCUT2D eigenvalue weighted by atomic mass is 10.1. The molecular weight excluding hydrogens is 198 g/mol. The molecule has 0 atom stereocenters. The molecule has 0 radical (unpaired) electrons. The SMILES string of the molecule is Nc1cc(Cl)c2oc3c(c2c1)CCC3. The number of hydrogen-bond acceptors (Lipinski definition) is 2. The van der Waals surface area contributed by atoms with E-state index in [0.29, 0.717) is 10.7 Å². The van der Waals surface area contributed by atoms with Crippen molar-refractivity contribution >= 4 is 28.3 Å². The molecule has 1 aliphatic rings. The van der Waals surface area contributed by atoms with Crippen LogP contribution in [0.15, 0.2) is 16.5 Å². The highest BCUT2D eigenvalue weighted by molar-refractivity contribution is 6.35. The fraction of sp³-hybridized carbons (Fsp3) is 0.273. The Morgan fingerprint density at radius 3 is 3.00 bits per heavy atom. The Morgan fingerprint density at radius 1 is 1.29 bits per heavy atom. The Kier molecular flexibility index (Phi) is 1.56. The van der Waals surface area contributed by atoms with Crippen LogP contribution < -0.4 is 5.73 Å². The minimum Gasteiger partial charge on any atom is -0.459 e. The van der Waals surface area contributed by atoms with Gasteiger partial charge in [-0.3, -0.25) is 0 Å². The zero-order valence-electron chi connectivity index (χ0n) is 7.64. The molecule has 14 heavy (non-hydrogen) atoms. The molecule has 2 aromatic rings. The average molecular weight is 208 g/mol. The van der Waals surface area contributed by atoms with E-state index in [1.54, 1.807) is 6.07 Å². The number of nitrogen functional groups attached to an aromatic ring is 1. The summed E-state index contributed by atoms with van der Waals surface area (Å²) in [5.41, 5.74) is 8.56. The summed E-state index contributed by atoms with van der Waals surface area (Å²) in [4.78, 5) is 0. The van der Waals surface area contributed by atoms with Gasteiger partial charge in [0.15, 0.2) is 5.58 Å². The van der Waals surface area contributed by atoms with E-state index in [-0.39, 0.29) is 0 Å². The van der Waals surface area contributed by atoms with E-state index in [0.717, 1.165) is 29.6 Å². The summed E-state index contributed by atoms with van der Waals surface area (Å²) in [6.45, 7) is 0. The van der Waals surface area contributed by atoms with Crippen molar-refractivity contribution in [1.29, 1.82) is 0 Å². The second-order valence-corrected chi connectivity index (χ2v) is 4.14. The first-order valence-electron chi connectivity index (χ1n) is 4.75. The van der Waals surface area contributed by atoms with Crippen molar-refractivity contribution in [2.45, 2.75) is 19.3 Å². The van der Waals surface area contributed by atoms with Crippen molar-refractivity contribution in [2.75, 3.05) is 5.73 Å². The van der Waals surface area contributed by atoms with Crippen LogP contribution in [0.3, 0.4) is 0 Å². The van der Waals surface area contributed by atoms with Crippen LogP contribution in [0.5, 0.6) is 0 Å². The van der Waals surface area contributed by atoms with Gasteiger partial charge < -0.3 is 10.2 Å². The molecule has 0 saturated heterocycles. The molecule has 0 amide bonds. The van der Waals surface area contributed by atoms with Gasteiger partial charge in [0.05, 0.1) is 5.02 Å². The molecule has 2 nitrogen and oxygen atoms in total. The lowest BCUT2D eigenvalue weighted by Gasteiger charge is -1.97. The van der Waals surface area contributed by atoms with E-state index in [9.17, 15) is 0 Å². The number of nitrogens with two attached hydrogens (primary N) is 1. The standard InChI is InChI=1S/C11H10ClNO/c12-9-5-6(13)4-8-7-2-1-3-10(7)14-11(8)9/h4-5H,1-3,13H2. The van der Waals surface area contributed by atoms with Gasteiger partial charge >= 0.3 is 0 Å². The quantitative estimate of drug-likeness (QED) is 0.674. The molecular formula is C11H10ClNO. The van der Waals surface area contributed by atoms with E-state index in [1.807, 2.05) is 6.07 Å². The van der Waals surface area contributed by atoms with E-state index in [2.05, 4.69) is 0 Å². The largest absolute Gasteiger partial charge is 0.459 e. The number of halogens is 1. The number of benzene rings is 1. The Morgan fingerprint density at radius 2 is 2.14 bits per heavy atom. The van der Waals surface area contributed by atoms with Crippen LogP contribution in [-0.4, -0.2) is 0 Å². The first-order valence-corrected chi connectivity index (χ1v) is 5.13. The molecule has 0 spiro atoms. The van der Waals surface area contributed by atoms with Gasteiger partial charge in [0.1, 0.15) is 5.76 Å². The lowest BCUT2D eigenvalue weighted by molar-refractivity contribution is 0.557. The highest BCUT2D eigenvalue weighted by atomic mass is 35.5. The summed E-state index contributed by atoms with van der Waals surface area (Å²) in [5, 5.41) is 1.72. The molecule has 3 heteroatoms. The third kappa shape index (κ3) is 0.976. The fourth-order valence-corrected chi connectivity index (χ4v) is 2.45. The number of hydrogen-bond donors (Lipinski definition) is 1. The fourth-order valence-electron chi connectivity index (χ4n) is 2.18. The Labute approximate surface area is 86.6 Å². The van der Waals surface area contributed by atoms with E-state index in [4.69, 9.17) is 21.8 Å². The maximum atomic E-state index is 6.05. The van der Waals surface area contributed by atoms with Crippen LogP contribution in [0.2, 0.25) is 5.02 Å². The van der Waals surface area contributed by atoms with Gasteiger partial charge in [-0.25, -0.2) is 0 Å². The summed E-state index contributed by atoms with van der Waals surface area (Å²) in [5.74, 6) is 1.09. The molecule has 2 N–H and O–H groups in total. The number of rotatable bonds is 0. The molecule has 3 rings (SSSR count). The second kappa shape index (κ2) is 2.67. The Balaban J connectivity index is 2.43. The normalized spacial score (nSPS) is 14.9. The topological polar surface area (TPSA) is 39.2 Å². The van der Waals surface area contributed by atoms with Gasteiger partial charge in [-0.05, 0) is 25.0 Å². The van der Waals surface area contributed by atoms with E-state index >= 15 is 0 Å². The van der Waals surface area contributed by atoms with Crippen molar-refractivity contribution in [3.63, 3.8) is 0 Å². The number of anilines is 1. The highest BCUT2D eigenvalue weighted by Gasteiger charge is 2.20. The molecule has 1 aliphatic carbocycles. The lowest BCUT2D eigenvalue weighted by Crippen LogP contribution is -1.84. The minimum absolute atomic E-state index is 0.620. The van der Waals surface area contributed by atoms with Gasteiger partial charge in [0.2, 0.25) is 0 Å². The van der Waals surface area contributed by atoms with Gasteiger partial charge in [0, 0.05) is 23.1 Å². The average Bonchev–Trinajstić information content (AvgIpc) is 2.65. The second-order valence-electron chi connectivity index (χ2n) is 3.74. The van der Waals surface area contributed by atoms with Gasteiger partial charge in [0.25, 0.3) is 0 Å². The predicted octanol–water partition coefficient (Wildman–Crippen LogP) is 3.16. The van der Waals surface area contributed by atoms with Crippen molar-refractivity contribution in [2.24, 2.45) is 0 Å². The molecule has 0 bridgehead atoms. The summed E-state index contributed by atoms with van der Waals surface area (Å²) >= 11 is 6.05. The van der Waals surface area contributed by atoms with Gasteiger partial charge in [-0.1, -0.05) is 11.6 Å². The molecule has 1 aromatic heterocycles. The molecule has 1 heterocycles. The van der Waals surface area contributed by atoms with Crippen molar-refractivity contribution in [3.05, 3.63) is 28.5 Å². The van der Waals surface area contributed by atoms with Crippen LogP contribution in [0.4, 0.5) is 5.69 Å². The van der Waals surface area contributed by atoms with Crippen LogP contribution in [0.1, 0.15) is 17.7 Å². The van der Waals surface area contributed by atoms with Crippen LogP contribution >= 0.6 is 11.6 Å². The molecule has 0 unspecified atom stereocenters. The number of furan rings is 1. The number of aryl methyl sites for hydroxylation is 2. The summed E-state index contributed by atoms with van der Waals surface area (Å²) in [7, 11) is 0. The van der Waals surface area contributed by atoms with Gasteiger partial charge in [-0.15, -0.1) is 0 Å².